The molecule has 1 aliphatic rings. The fourth-order valence-electron chi connectivity index (χ4n) is 2.51. The van der Waals surface area contributed by atoms with Crippen LogP contribution in [0, 0.1) is 0 Å². The van der Waals surface area contributed by atoms with Crippen LogP contribution < -0.4 is 9.47 Å². The summed E-state index contributed by atoms with van der Waals surface area (Å²) in [5.41, 5.74) is 0.719. The molecule has 0 saturated carbocycles. The van der Waals surface area contributed by atoms with Gasteiger partial charge in [0, 0.05) is 12.1 Å². The van der Waals surface area contributed by atoms with Crippen molar-refractivity contribution in [3.05, 3.63) is 41.5 Å². The summed E-state index contributed by atoms with van der Waals surface area (Å²) >= 11 is 0. The molecule has 1 atom stereocenters. The van der Waals surface area contributed by atoms with Gasteiger partial charge in [-0.1, -0.05) is 6.07 Å². The maximum atomic E-state index is 12.2. The Morgan fingerprint density at radius 2 is 1.87 bits per heavy atom. The summed E-state index contributed by atoms with van der Waals surface area (Å²) < 4.78 is 10.8. The number of carbonyl (C=O) groups is 1. The molecule has 114 valence electrons. The number of benzene rings is 2. The number of ether oxygens (including phenoxy) is 2. The van der Waals surface area contributed by atoms with Crippen molar-refractivity contribution in [2.75, 3.05) is 7.11 Å². The van der Waals surface area contributed by atoms with E-state index in [-0.39, 0.29) is 84.3 Å². The van der Waals surface area contributed by atoms with Crippen molar-refractivity contribution >= 4 is 43.5 Å². The van der Waals surface area contributed by atoms with Gasteiger partial charge in [-0.25, -0.2) is 0 Å². The van der Waals surface area contributed by atoms with Gasteiger partial charge in [-0.05, 0) is 17.7 Å². The number of methoxy groups -OCH3 is 1. The third-order valence-electron chi connectivity index (χ3n) is 3.56. The number of aromatic hydroxyl groups is 3. The van der Waals surface area contributed by atoms with Crippen LogP contribution in [-0.2, 0) is 0 Å². The van der Waals surface area contributed by atoms with Gasteiger partial charge in [-0.3, -0.25) is 4.79 Å². The third kappa shape index (κ3) is 3.34. The van der Waals surface area contributed by atoms with Gasteiger partial charge in [0.1, 0.15) is 28.9 Å². The molecular formula is C16H14CaO6+2. The van der Waals surface area contributed by atoms with E-state index in [1.807, 2.05) is 0 Å². The normalized spacial score (nSPS) is 16.0. The Bertz CT molecular complexity index is 758. The van der Waals surface area contributed by atoms with E-state index in [1.165, 1.54) is 19.2 Å². The van der Waals surface area contributed by atoms with Gasteiger partial charge in [-0.15, -0.1) is 0 Å². The van der Waals surface area contributed by atoms with Gasteiger partial charge in [0.2, 0.25) is 0 Å². The van der Waals surface area contributed by atoms with Crippen molar-refractivity contribution in [3.63, 3.8) is 0 Å². The zero-order chi connectivity index (χ0) is 15.9. The number of phenols is 3. The van der Waals surface area contributed by atoms with Crippen molar-refractivity contribution < 1.29 is 29.6 Å². The summed E-state index contributed by atoms with van der Waals surface area (Å²) in [5, 5.41) is 28.9. The van der Waals surface area contributed by atoms with Crippen LogP contribution in [0.15, 0.2) is 30.3 Å². The molecule has 1 heterocycles. The summed E-state index contributed by atoms with van der Waals surface area (Å²) in [6.07, 6.45) is -0.546. The Kier molecular flexibility index (Phi) is 5.29. The quantitative estimate of drug-likeness (QED) is 0.724. The van der Waals surface area contributed by atoms with Gasteiger partial charge in [0.15, 0.2) is 17.3 Å². The van der Waals surface area contributed by atoms with Gasteiger partial charge in [0.05, 0.1) is 13.5 Å². The Hall–Kier alpha value is -1.63. The van der Waals surface area contributed by atoms with Crippen molar-refractivity contribution in [1.29, 1.82) is 0 Å². The van der Waals surface area contributed by atoms with Crippen molar-refractivity contribution in [2.45, 2.75) is 12.5 Å². The smallest absolute Gasteiger partial charge is 0.508 e. The summed E-state index contributed by atoms with van der Waals surface area (Å²) in [5.74, 6) is -0.376. The van der Waals surface area contributed by atoms with Crippen LogP contribution in [-0.4, -0.2) is 66.0 Å². The van der Waals surface area contributed by atoms with Gasteiger partial charge in [-0.2, -0.15) is 0 Å². The molecule has 0 saturated heterocycles. The van der Waals surface area contributed by atoms with Crippen LogP contribution in [0.25, 0.3) is 0 Å². The van der Waals surface area contributed by atoms with Crippen molar-refractivity contribution in [1.82, 2.24) is 0 Å². The monoisotopic (exact) mass is 342 g/mol. The van der Waals surface area contributed by atoms with Crippen LogP contribution >= 0.6 is 0 Å². The molecule has 1 unspecified atom stereocenters. The standard InChI is InChI=1S/C16H14O6.Ca/c1-21-14-4-8(2-3-10(14)18)13-7-12(20)16-11(19)5-9(17)6-15(16)22-13;/h2-6,13,17-19H,7H2,1H3;/q;+2. The molecule has 23 heavy (non-hydrogen) atoms. The van der Waals surface area contributed by atoms with Crippen LogP contribution in [0.4, 0.5) is 0 Å². The molecule has 1 aliphatic heterocycles. The average Bonchev–Trinajstić information content (AvgIpc) is 2.46. The number of fused-ring (bicyclic) bond motifs is 1. The zero-order valence-corrected chi connectivity index (χ0v) is 14.7. The Labute approximate surface area is 162 Å². The first-order chi connectivity index (χ1) is 10.5. The fourth-order valence-corrected chi connectivity index (χ4v) is 2.51. The maximum absolute atomic E-state index is 12.2. The molecule has 2 aromatic carbocycles. The number of rotatable bonds is 2. The average molecular weight is 342 g/mol. The number of ketones is 1. The molecule has 0 spiro atoms. The van der Waals surface area contributed by atoms with E-state index in [1.54, 1.807) is 12.1 Å². The molecule has 0 aromatic heterocycles. The van der Waals surface area contributed by atoms with E-state index >= 15 is 0 Å². The molecule has 0 bridgehead atoms. The fraction of sp³-hybridized carbons (Fsp3) is 0.188. The molecule has 0 radical (unpaired) electrons. The van der Waals surface area contributed by atoms with E-state index in [0.717, 1.165) is 6.07 Å². The second-order valence-corrected chi connectivity index (χ2v) is 5.00. The van der Waals surface area contributed by atoms with Crippen molar-refractivity contribution in [2.24, 2.45) is 0 Å². The molecule has 3 rings (SSSR count). The first kappa shape index (κ1) is 17.7. The number of Topliss-reactive ketones (excluding diaryl/α,β-unsaturated/α-hetero) is 1. The van der Waals surface area contributed by atoms with E-state index in [9.17, 15) is 20.1 Å². The molecule has 0 amide bonds. The zero-order valence-electron chi connectivity index (χ0n) is 12.4. The minimum atomic E-state index is -0.587. The predicted octanol–water partition coefficient (Wildman–Crippen LogP) is 2.14. The summed E-state index contributed by atoms with van der Waals surface area (Å²) in [7, 11) is 1.43. The number of hydrogen-bond donors (Lipinski definition) is 3. The second-order valence-electron chi connectivity index (χ2n) is 5.00. The van der Waals surface area contributed by atoms with Gasteiger partial charge in [0.25, 0.3) is 0 Å². The first-order valence-corrected chi connectivity index (χ1v) is 6.62. The van der Waals surface area contributed by atoms with Gasteiger partial charge < -0.3 is 24.8 Å². The van der Waals surface area contributed by atoms with Crippen LogP contribution in [0.2, 0.25) is 0 Å². The van der Waals surface area contributed by atoms with E-state index in [4.69, 9.17) is 9.47 Å². The molecule has 0 aliphatic carbocycles. The molecule has 2 aromatic rings. The predicted molar refractivity (Wildman–Crippen MR) is 82.5 cm³/mol. The van der Waals surface area contributed by atoms with Crippen LogP contribution in [0.3, 0.4) is 0 Å². The van der Waals surface area contributed by atoms with Crippen molar-refractivity contribution in [3.8, 4) is 28.7 Å². The summed E-state index contributed by atoms with van der Waals surface area (Å²) in [4.78, 5) is 12.2. The van der Waals surface area contributed by atoms with Gasteiger partial charge >= 0.3 is 37.7 Å². The molecule has 7 heteroatoms. The first-order valence-electron chi connectivity index (χ1n) is 6.62. The SMILES string of the molecule is COc1cc(C2CC(=O)c3c(O)cc(O)cc3O2)ccc1O.[Ca+2]. The Morgan fingerprint density at radius 1 is 1.13 bits per heavy atom. The third-order valence-corrected chi connectivity index (χ3v) is 3.56. The maximum Gasteiger partial charge on any atom is 2.00 e. The van der Waals surface area contributed by atoms with E-state index in [0.29, 0.717) is 5.56 Å². The van der Waals surface area contributed by atoms with Crippen LogP contribution in [0.1, 0.15) is 28.4 Å². The topological polar surface area (TPSA) is 96.2 Å². The summed E-state index contributed by atoms with van der Waals surface area (Å²) in [6, 6.07) is 7.06. The number of carbonyl (C=O) groups excluding carboxylic acids is 1. The molecule has 6 nitrogen and oxygen atoms in total. The molecule has 3 N–H and O–H groups in total. The minimum absolute atomic E-state index is 0. The van der Waals surface area contributed by atoms with E-state index in [2.05, 4.69) is 0 Å². The largest absolute Gasteiger partial charge is 2.00 e. The summed E-state index contributed by atoms with van der Waals surface area (Å²) in [6.45, 7) is 0. The number of hydrogen-bond acceptors (Lipinski definition) is 6. The molecular weight excluding hydrogens is 328 g/mol. The number of phenolic OH excluding ortho intramolecular Hbond substituents is 3. The minimum Gasteiger partial charge on any atom is -0.508 e. The van der Waals surface area contributed by atoms with Crippen LogP contribution in [0.5, 0.6) is 28.7 Å². The van der Waals surface area contributed by atoms with E-state index < -0.39 is 6.10 Å². The molecule has 0 fully saturated rings. The Balaban J connectivity index is 0.00000192. The Morgan fingerprint density at radius 3 is 2.57 bits per heavy atom. The second kappa shape index (κ2) is 6.86.